The number of rotatable bonds is 8. The van der Waals surface area contributed by atoms with Crippen LogP contribution in [-0.2, 0) is 13.2 Å². The zero-order chi connectivity index (χ0) is 24.1. The summed E-state index contributed by atoms with van der Waals surface area (Å²) in [6, 6.07) is 19.4. The highest BCUT2D eigenvalue weighted by molar-refractivity contribution is 6.03. The summed E-state index contributed by atoms with van der Waals surface area (Å²) in [5, 5.41) is 18.0. The van der Waals surface area contributed by atoms with Crippen LogP contribution < -0.4 is 10.1 Å². The summed E-state index contributed by atoms with van der Waals surface area (Å²) in [4.78, 5) is 23.2. The summed E-state index contributed by atoms with van der Waals surface area (Å²) in [5.74, 6) is 0.237. The number of carbonyl (C=O) groups is 1. The second-order valence-electron chi connectivity index (χ2n) is 7.68. The van der Waals surface area contributed by atoms with E-state index < -0.39 is 4.92 Å². The lowest BCUT2D eigenvalue weighted by molar-refractivity contribution is -0.385. The van der Waals surface area contributed by atoms with Crippen LogP contribution in [0.5, 0.6) is 5.75 Å². The molecular weight excluding hydrogens is 439 g/mol. The molecule has 0 unspecified atom stereocenters. The van der Waals surface area contributed by atoms with Crippen molar-refractivity contribution < 1.29 is 18.8 Å². The Balaban J connectivity index is 1.37. The van der Waals surface area contributed by atoms with Crippen molar-refractivity contribution in [1.82, 2.24) is 9.78 Å². The third-order valence-corrected chi connectivity index (χ3v) is 5.08. The minimum absolute atomic E-state index is 0.0318. The lowest BCUT2D eigenvalue weighted by atomic mass is 10.1. The number of aryl methyl sites for hydroxylation is 1. The predicted octanol–water partition coefficient (Wildman–Crippen LogP) is 5.12. The van der Waals surface area contributed by atoms with Gasteiger partial charge in [-0.25, -0.2) is 4.39 Å². The fraction of sp³-hybridized carbons (Fsp3) is 0.120. The van der Waals surface area contributed by atoms with Crippen LogP contribution in [0.3, 0.4) is 0 Å². The van der Waals surface area contributed by atoms with E-state index in [0.29, 0.717) is 29.2 Å². The second-order valence-corrected chi connectivity index (χ2v) is 7.68. The molecule has 4 aromatic rings. The van der Waals surface area contributed by atoms with Gasteiger partial charge >= 0.3 is 0 Å². The SMILES string of the molecule is Cc1cc(OCc2cccc(C(=O)Nc3ccn(Cc4cccc(F)c4)n3)c2)ccc1[N+](=O)[O-]. The minimum Gasteiger partial charge on any atom is -0.489 e. The standard InChI is InChI=1S/C25H21FN4O4/c1-17-12-22(8-9-23(17)30(32)33)34-16-19-5-2-6-20(13-19)25(31)27-24-10-11-29(28-24)15-18-4-3-7-21(26)14-18/h2-14H,15-16H2,1H3,(H,27,28,31). The molecule has 9 heteroatoms. The normalized spacial score (nSPS) is 10.6. The van der Waals surface area contributed by atoms with Crippen LogP contribution in [0.15, 0.2) is 79.0 Å². The number of benzene rings is 3. The Labute approximate surface area is 194 Å². The molecule has 0 aliphatic heterocycles. The molecule has 1 heterocycles. The maximum atomic E-state index is 13.4. The van der Waals surface area contributed by atoms with Crippen molar-refractivity contribution in [3.8, 4) is 5.75 Å². The number of ether oxygens (including phenoxy) is 1. The zero-order valence-corrected chi connectivity index (χ0v) is 18.3. The fourth-order valence-electron chi connectivity index (χ4n) is 3.42. The molecule has 0 atom stereocenters. The molecular formula is C25H21FN4O4. The molecule has 0 saturated heterocycles. The van der Waals surface area contributed by atoms with E-state index in [1.807, 2.05) is 6.07 Å². The molecule has 0 radical (unpaired) electrons. The van der Waals surface area contributed by atoms with Crippen molar-refractivity contribution in [1.29, 1.82) is 0 Å². The minimum atomic E-state index is -0.439. The molecule has 0 aliphatic rings. The van der Waals surface area contributed by atoms with Gasteiger partial charge in [-0.2, -0.15) is 5.10 Å². The average Bonchev–Trinajstić information content (AvgIpc) is 3.24. The summed E-state index contributed by atoms with van der Waals surface area (Å²) >= 11 is 0. The number of aromatic nitrogens is 2. The molecule has 1 N–H and O–H groups in total. The van der Waals surface area contributed by atoms with E-state index in [0.717, 1.165) is 11.1 Å². The number of hydrogen-bond donors (Lipinski definition) is 1. The first-order chi connectivity index (χ1) is 16.4. The third kappa shape index (κ3) is 5.63. The number of carbonyl (C=O) groups excluding carboxylic acids is 1. The first-order valence-corrected chi connectivity index (χ1v) is 10.4. The van der Waals surface area contributed by atoms with Crippen LogP contribution in [0.1, 0.15) is 27.0 Å². The zero-order valence-electron chi connectivity index (χ0n) is 18.3. The maximum Gasteiger partial charge on any atom is 0.272 e. The van der Waals surface area contributed by atoms with Gasteiger partial charge in [-0.3, -0.25) is 19.6 Å². The number of hydrogen-bond acceptors (Lipinski definition) is 5. The second kappa shape index (κ2) is 9.95. The van der Waals surface area contributed by atoms with Crippen LogP contribution in [-0.4, -0.2) is 20.6 Å². The molecule has 0 saturated carbocycles. The molecule has 172 valence electrons. The Morgan fingerprint density at radius 1 is 1.09 bits per heavy atom. The van der Waals surface area contributed by atoms with E-state index in [2.05, 4.69) is 10.4 Å². The number of halogens is 1. The number of nitro groups is 1. The van der Waals surface area contributed by atoms with Gasteiger partial charge in [0.15, 0.2) is 5.82 Å². The maximum absolute atomic E-state index is 13.4. The van der Waals surface area contributed by atoms with Gasteiger partial charge < -0.3 is 10.1 Å². The molecule has 8 nitrogen and oxygen atoms in total. The summed E-state index contributed by atoms with van der Waals surface area (Å²) < 4.78 is 20.7. The van der Waals surface area contributed by atoms with Crippen molar-refractivity contribution in [2.24, 2.45) is 0 Å². The van der Waals surface area contributed by atoms with Crippen LogP contribution in [0.4, 0.5) is 15.9 Å². The summed E-state index contributed by atoms with van der Waals surface area (Å²) in [6.45, 7) is 2.22. The highest BCUT2D eigenvalue weighted by atomic mass is 19.1. The van der Waals surface area contributed by atoms with Crippen LogP contribution in [0.25, 0.3) is 0 Å². The molecule has 4 rings (SSSR count). The molecule has 1 amide bonds. The summed E-state index contributed by atoms with van der Waals surface area (Å²) in [6.07, 6.45) is 1.71. The molecule has 3 aromatic carbocycles. The highest BCUT2D eigenvalue weighted by Crippen LogP contribution is 2.24. The first-order valence-electron chi connectivity index (χ1n) is 10.4. The van der Waals surface area contributed by atoms with E-state index in [1.165, 1.54) is 18.2 Å². The summed E-state index contributed by atoms with van der Waals surface area (Å²) in [5.41, 5.74) is 2.50. The molecule has 1 aromatic heterocycles. The van der Waals surface area contributed by atoms with Gasteiger partial charge in [0.25, 0.3) is 11.6 Å². The van der Waals surface area contributed by atoms with E-state index in [4.69, 9.17) is 4.74 Å². The largest absolute Gasteiger partial charge is 0.489 e. The smallest absolute Gasteiger partial charge is 0.272 e. The van der Waals surface area contributed by atoms with E-state index in [-0.39, 0.29) is 24.0 Å². The monoisotopic (exact) mass is 460 g/mol. The lowest BCUT2D eigenvalue weighted by Crippen LogP contribution is -2.13. The first kappa shape index (κ1) is 22.7. The Bertz CT molecular complexity index is 1350. The number of nitro benzene ring substituents is 1. The molecule has 0 bridgehead atoms. The fourth-order valence-corrected chi connectivity index (χ4v) is 3.42. The number of nitrogens with zero attached hydrogens (tertiary/aromatic N) is 3. The van der Waals surface area contributed by atoms with Crippen molar-refractivity contribution in [2.75, 3.05) is 5.32 Å². The average molecular weight is 460 g/mol. The van der Waals surface area contributed by atoms with Crippen LogP contribution in [0.2, 0.25) is 0 Å². The summed E-state index contributed by atoms with van der Waals surface area (Å²) in [7, 11) is 0. The van der Waals surface area contributed by atoms with Gasteiger partial charge in [-0.15, -0.1) is 0 Å². The molecule has 0 fully saturated rings. The predicted molar refractivity (Wildman–Crippen MR) is 124 cm³/mol. The lowest BCUT2D eigenvalue weighted by Gasteiger charge is -2.09. The topological polar surface area (TPSA) is 99.3 Å². The third-order valence-electron chi connectivity index (χ3n) is 5.08. The van der Waals surface area contributed by atoms with Gasteiger partial charge in [0.05, 0.1) is 11.5 Å². The Kier molecular flexibility index (Phi) is 6.63. The van der Waals surface area contributed by atoms with Crippen LogP contribution >= 0.6 is 0 Å². The van der Waals surface area contributed by atoms with E-state index in [9.17, 15) is 19.3 Å². The van der Waals surface area contributed by atoms with Crippen molar-refractivity contribution in [3.63, 3.8) is 0 Å². The Morgan fingerprint density at radius 3 is 2.65 bits per heavy atom. The van der Waals surface area contributed by atoms with Crippen LogP contribution in [0, 0.1) is 22.9 Å². The molecule has 0 aliphatic carbocycles. The number of amides is 1. The highest BCUT2D eigenvalue weighted by Gasteiger charge is 2.12. The van der Waals surface area contributed by atoms with Gasteiger partial charge in [0.1, 0.15) is 18.2 Å². The number of anilines is 1. The Morgan fingerprint density at radius 2 is 1.88 bits per heavy atom. The van der Waals surface area contributed by atoms with Gasteiger partial charge in [-0.1, -0.05) is 24.3 Å². The molecule has 34 heavy (non-hydrogen) atoms. The van der Waals surface area contributed by atoms with Gasteiger partial charge in [-0.05, 0) is 54.4 Å². The Hall–Kier alpha value is -4.53. The number of nitrogens with one attached hydrogen (secondary N) is 1. The van der Waals surface area contributed by atoms with Gasteiger partial charge in [0, 0.05) is 29.5 Å². The van der Waals surface area contributed by atoms with Crippen molar-refractivity contribution in [3.05, 3.63) is 117 Å². The van der Waals surface area contributed by atoms with Gasteiger partial charge in [0.2, 0.25) is 0 Å². The van der Waals surface area contributed by atoms with Crippen molar-refractivity contribution >= 4 is 17.4 Å². The van der Waals surface area contributed by atoms with E-state index in [1.54, 1.807) is 66.3 Å². The van der Waals surface area contributed by atoms with E-state index >= 15 is 0 Å². The quantitative estimate of drug-likeness (QED) is 0.291. The molecule has 0 spiro atoms. The van der Waals surface area contributed by atoms with Crippen molar-refractivity contribution in [2.45, 2.75) is 20.1 Å².